The SMILES string of the molecule is CCOC(=O)c1cc(NC(=O)c2ccccc2F)ccc1OC(C)(O)CNC(C)(C)C.Cl. The highest BCUT2D eigenvalue weighted by Crippen LogP contribution is 2.27. The van der Waals surface area contributed by atoms with Gasteiger partial charge in [0, 0.05) is 18.2 Å². The van der Waals surface area contributed by atoms with E-state index in [1.807, 2.05) is 20.8 Å². The third-order valence-corrected chi connectivity index (χ3v) is 4.13. The Hall–Kier alpha value is -2.68. The van der Waals surface area contributed by atoms with Gasteiger partial charge in [0.1, 0.15) is 17.1 Å². The summed E-state index contributed by atoms with van der Waals surface area (Å²) in [6.07, 6.45) is 0. The molecule has 32 heavy (non-hydrogen) atoms. The lowest BCUT2D eigenvalue weighted by molar-refractivity contribution is -0.121. The van der Waals surface area contributed by atoms with Crippen LogP contribution in [0, 0.1) is 5.82 Å². The molecule has 2 rings (SSSR count). The molecule has 2 aromatic carbocycles. The van der Waals surface area contributed by atoms with Crippen LogP contribution in [0.25, 0.3) is 0 Å². The van der Waals surface area contributed by atoms with Gasteiger partial charge < -0.3 is 25.2 Å². The van der Waals surface area contributed by atoms with Gasteiger partial charge >= 0.3 is 5.97 Å². The summed E-state index contributed by atoms with van der Waals surface area (Å²) < 4.78 is 24.6. The maximum atomic E-state index is 13.9. The second-order valence-corrected chi connectivity index (χ2v) is 8.25. The van der Waals surface area contributed by atoms with E-state index >= 15 is 0 Å². The van der Waals surface area contributed by atoms with Gasteiger partial charge in [-0.15, -0.1) is 12.4 Å². The van der Waals surface area contributed by atoms with Crippen molar-refractivity contribution in [2.75, 3.05) is 18.5 Å². The van der Waals surface area contributed by atoms with Gasteiger partial charge in [-0.1, -0.05) is 12.1 Å². The summed E-state index contributed by atoms with van der Waals surface area (Å²) in [5.41, 5.74) is -0.116. The van der Waals surface area contributed by atoms with Crippen molar-refractivity contribution in [3.8, 4) is 5.75 Å². The van der Waals surface area contributed by atoms with Crippen molar-refractivity contribution < 1.29 is 28.6 Å². The summed E-state index contributed by atoms with van der Waals surface area (Å²) in [4.78, 5) is 24.8. The normalized spacial score (nSPS) is 12.8. The number of nitrogens with one attached hydrogen (secondary N) is 2. The fourth-order valence-electron chi connectivity index (χ4n) is 2.61. The van der Waals surface area contributed by atoms with Crippen molar-refractivity contribution in [1.82, 2.24) is 5.32 Å². The van der Waals surface area contributed by atoms with E-state index in [1.165, 1.54) is 43.3 Å². The number of amides is 1. The van der Waals surface area contributed by atoms with Gasteiger partial charge in [0.05, 0.1) is 18.7 Å². The quantitative estimate of drug-likeness (QED) is 0.398. The van der Waals surface area contributed by atoms with Crippen LogP contribution in [0.1, 0.15) is 55.3 Å². The molecule has 0 heterocycles. The van der Waals surface area contributed by atoms with Crippen LogP contribution >= 0.6 is 12.4 Å². The van der Waals surface area contributed by atoms with Crippen molar-refractivity contribution in [3.63, 3.8) is 0 Å². The zero-order chi connectivity index (χ0) is 23.2. The number of benzene rings is 2. The van der Waals surface area contributed by atoms with Crippen LogP contribution in [0.4, 0.5) is 10.1 Å². The van der Waals surface area contributed by atoms with Gasteiger partial charge in [0.25, 0.3) is 5.91 Å². The second-order valence-electron chi connectivity index (χ2n) is 8.25. The van der Waals surface area contributed by atoms with E-state index in [2.05, 4.69) is 10.6 Å². The molecule has 0 aliphatic heterocycles. The van der Waals surface area contributed by atoms with Gasteiger partial charge in [0.15, 0.2) is 0 Å². The van der Waals surface area contributed by atoms with Gasteiger partial charge in [0.2, 0.25) is 5.79 Å². The standard InChI is InChI=1S/C23H29FN2O5.ClH/c1-6-30-21(28)17-13-15(26-20(27)16-9-7-8-10-18(16)24)11-12-19(17)31-23(5,29)14-25-22(2,3)4;/h7-13,25,29H,6,14H2,1-5H3,(H,26,27);1H. The lowest BCUT2D eigenvalue weighted by Gasteiger charge is -2.30. The van der Waals surface area contributed by atoms with E-state index in [-0.39, 0.29) is 53.7 Å². The first-order valence-corrected chi connectivity index (χ1v) is 9.95. The molecular formula is C23H30ClFN2O5. The van der Waals surface area contributed by atoms with Crippen LogP contribution in [0.15, 0.2) is 42.5 Å². The molecule has 1 amide bonds. The molecule has 1 unspecified atom stereocenters. The Morgan fingerprint density at radius 2 is 1.72 bits per heavy atom. The molecule has 2 aromatic rings. The predicted octanol–water partition coefficient (Wildman–Crippen LogP) is 4.15. The van der Waals surface area contributed by atoms with Crippen molar-refractivity contribution in [2.24, 2.45) is 0 Å². The predicted molar refractivity (Wildman–Crippen MR) is 123 cm³/mol. The van der Waals surface area contributed by atoms with E-state index < -0.39 is 23.5 Å². The first-order valence-electron chi connectivity index (χ1n) is 9.95. The molecule has 0 saturated heterocycles. The first-order chi connectivity index (χ1) is 14.4. The van der Waals surface area contributed by atoms with Crippen LogP contribution in [0.2, 0.25) is 0 Å². The smallest absolute Gasteiger partial charge is 0.341 e. The van der Waals surface area contributed by atoms with Crippen LogP contribution in [0.3, 0.4) is 0 Å². The topological polar surface area (TPSA) is 96.9 Å². The number of carbonyl (C=O) groups excluding carboxylic acids is 2. The van der Waals surface area contributed by atoms with E-state index in [0.29, 0.717) is 0 Å². The highest BCUT2D eigenvalue weighted by Gasteiger charge is 2.28. The highest BCUT2D eigenvalue weighted by molar-refractivity contribution is 6.05. The van der Waals surface area contributed by atoms with E-state index in [0.717, 1.165) is 0 Å². The molecule has 7 nitrogen and oxygen atoms in total. The van der Waals surface area contributed by atoms with Gasteiger partial charge in [-0.3, -0.25) is 4.79 Å². The molecular weight excluding hydrogens is 439 g/mol. The van der Waals surface area contributed by atoms with Gasteiger partial charge in [-0.05, 0) is 58.0 Å². The summed E-state index contributed by atoms with van der Waals surface area (Å²) in [7, 11) is 0. The van der Waals surface area contributed by atoms with Crippen molar-refractivity contribution in [3.05, 3.63) is 59.4 Å². The number of esters is 1. The van der Waals surface area contributed by atoms with Crippen molar-refractivity contribution in [1.29, 1.82) is 0 Å². The number of β-amino-alcohol motifs (C(OH)–C–C–N with tert-alkyl or cyclic N) is 1. The molecule has 9 heteroatoms. The first kappa shape index (κ1) is 27.4. The molecule has 176 valence electrons. The number of rotatable bonds is 8. The Bertz CT molecular complexity index is 944. The molecule has 0 aliphatic carbocycles. The van der Waals surface area contributed by atoms with Crippen molar-refractivity contribution >= 4 is 30.0 Å². The molecule has 0 saturated carbocycles. The summed E-state index contributed by atoms with van der Waals surface area (Å²) in [6, 6.07) is 9.86. The Morgan fingerprint density at radius 1 is 1.06 bits per heavy atom. The number of hydrogen-bond acceptors (Lipinski definition) is 6. The number of aliphatic hydroxyl groups is 1. The Kier molecular flexibility index (Phi) is 9.63. The molecule has 1 atom stereocenters. The minimum Gasteiger partial charge on any atom is -0.462 e. The zero-order valence-corrected chi connectivity index (χ0v) is 19.6. The maximum Gasteiger partial charge on any atom is 0.341 e. The van der Waals surface area contributed by atoms with E-state index in [9.17, 15) is 19.1 Å². The van der Waals surface area contributed by atoms with Crippen molar-refractivity contribution in [2.45, 2.75) is 45.9 Å². The van der Waals surface area contributed by atoms with E-state index in [1.54, 1.807) is 13.0 Å². The van der Waals surface area contributed by atoms with Crippen LogP contribution in [-0.2, 0) is 4.74 Å². The Balaban J connectivity index is 0.00000512. The fraction of sp³-hybridized carbons (Fsp3) is 0.391. The molecule has 0 bridgehead atoms. The molecule has 0 radical (unpaired) electrons. The molecule has 0 aliphatic rings. The maximum absolute atomic E-state index is 13.9. The monoisotopic (exact) mass is 468 g/mol. The average Bonchev–Trinajstić information content (AvgIpc) is 2.67. The molecule has 3 N–H and O–H groups in total. The van der Waals surface area contributed by atoms with Gasteiger partial charge in [-0.25, -0.2) is 9.18 Å². The lowest BCUT2D eigenvalue weighted by Crippen LogP contribution is -2.49. The summed E-state index contributed by atoms with van der Waals surface area (Å²) >= 11 is 0. The van der Waals surface area contributed by atoms with E-state index in [4.69, 9.17) is 9.47 Å². The van der Waals surface area contributed by atoms with Crippen LogP contribution < -0.4 is 15.4 Å². The average molecular weight is 469 g/mol. The summed E-state index contributed by atoms with van der Waals surface area (Å²) in [5.74, 6) is -3.54. The lowest BCUT2D eigenvalue weighted by atomic mass is 10.1. The molecule has 0 aromatic heterocycles. The molecule has 0 fully saturated rings. The summed E-state index contributed by atoms with van der Waals surface area (Å²) in [5, 5.41) is 16.3. The molecule has 0 spiro atoms. The number of ether oxygens (including phenoxy) is 2. The largest absolute Gasteiger partial charge is 0.462 e. The third kappa shape index (κ3) is 8.11. The number of carbonyl (C=O) groups is 2. The van der Waals surface area contributed by atoms with Crippen LogP contribution in [0.5, 0.6) is 5.75 Å². The fourth-order valence-corrected chi connectivity index (χ4v) is 2.61. The zero-order valence-electron chi connectivity index (χ0n) is 18.8. The van der Waals surface area contributed by atoms with Crippen LogP contribution in [-0.4, -0.2) is 41.5 Å². The minimum atomic E-state index is -1.62. The summed E-state index contributed by atoms with van der Waals surface area (Å²) in [6.45, 7) is 9.19. The van der Waals surface area contributed by atoms with Gasteiger partial charge in [-0.2, -0.15) is 0 Å². The number of halogens is 2. The Morgan fingerprint density at radius 3 is 2.31 bits per heavy atom. The number of hydrogen-bond donors (Lipinski definition) is 3. The Labute approximate surface area is 193 Å². The second kappa shape index (κ2) is 11.3. The number of anilines is 1. The highest BCUT2D eigenvalue weighted by atomic mass is 35.5. The minimum absolute atomic E-state index is 0. The third-order valence-electron chi connectivity index (χ3n) is 4.13.